The second-order valence-corrected chi connectivity index (χ2v) is 8.06. The lowest BCUT2D eigenvalue weighted by Gasteiger charge is -2.45. The van der Waals surface area contributed by atoms with Crippen LogP contribution in [0.1, 0.15) is 42.1 Å². The number of para-hydroxylation sites is 1. The SMILES string of the molecule is Cc1nn(-c2ccccc2)c(C)c1[C@@H]1[C@@H]2CCCC=C2[C@H](C#N)C(=N)C1(C#N)C#N. The number of hydrogen-bond donors (Lipinski definition) is 1. The average molecular weight is 394 g/mol. The van der Waals surface area contributed by atoms with Crippen molar-refractivity contribution in [1.29, 1.82) is 21.2 Å². The number of nitriles is 3. The maximum absolute atomic E-state index is 10.2. The highest BCUT2D eigenvalue weighted by Crippen LogP contribution is 2.56. The van der Waals surface area contributed by atoms with Crippen LogP contribution in [0.5, 0.6) is 0 Å². The summed E-state index contributed by atoms with van der Waals surface area (Å²) in [6.45, 7) is 3.85. The van der Waals surface area contributed by atoms with Gasteiger partial charge in [-0.25, -0.2) is 4.68 Å². The largest absolute Gasteiger partial charge is 0.305 e. The van der Waals surface area contributed by atoms with Crippen LogP contribution in [0.15, 0.2) is 42.0 Å². The van der Waals surface area contributed by atoms with E-state index in [0.717, 1.165) is 47.5 Å². The molecule has 2 aromatic rings. The Bertz CT molecular complexity index is 1150. The number of nitrogens with zero attached hydrogens (tertiary/aromatic N) is 5. The van der Waals surface area contributed by atoms with Crippen molar-refractivity contribution in [2.24, 2.45) is 17.3 Å². The Morgan fingerprint density at radius 1 is 1.13 bits per heavy atom. The molecule has 148 valence electrons. The van der Waals surface area contributed by atoms with E-state index in [2.05, 4.69) is 24.3 Å². The van der Waals surface area contributed by atoms with Gasteiger partial charge in [0.2, 0.25) is 0 Å². The molecule has 0 saturated heterocycles. The molecule has 2 aliphatic carbocycles. The number of aromatic nitrogens is 2. The van der Waals surface area contributed by atoms with Crippen LogP contribution >= 0.6 is 0 Å². The third kappa shape index (κ3) is 2.60. The van der Waals surface area contributed by atoms with Crippen LogP contribution in [0.25, 0.3) is 5.69 Å². The molecule has 1 aromatic carbocycles. The molecule has 1 fully saturated rings. The van der Waals surface area contributed by atoms with E-state index in [0.29, 0.717) is 0 Å². The Morgan fingerprint density at radius 2 is 1.83 bits per heavy atom. The lowest BCUT2D eigenvalue weighted by molar-refractivity contribution is 0.318. The van der Waals surface area contributed by atoms with Gasteiger partial charge in [-0.1, -0.05) is 24.3 Å². The van der Waals surface area contributed by atoms with Crippen molar-refractivity contribution in [3.05, 3.63) is 58.9 Å². The summed E-state index contributed by atoms with van der Waals surface area (Å²) in [5.74, 6) is -1.45. The molecule has 4 rings (SSSR count). The highest BCUT2D eigenvalue weighted by Gasteiger charge is 2.58. The summed E-state index contributed by atoms with van der Waals surface area (Å²) in [7, 11) is 0. The van der Waals surface area contributed by atoms with E-state index in [1.807, 2.05) is 48.9 Å². The van der Waals surface area contributed by atoms with E-state index in [1.165, 1.54) is 0 Å². The van der Waals surface area contributed by atoms with Crippen LogP contribution in [0.2, 0.25) is 0 Å². The van der Waals surface area contributed by atoms with Gasteiger partial charge in [0.1, 0.15) is 5.92 Å². The summed E-state index contributed by atoms with van der Waals surface area (Å²) in [5, 5.41) is 43.6. The minimum atomic E-state index is -1.68. The molecule has 1 N–H and O–H groups in total. The lowest BCUT2D eigenvalue weighted by atomic mass is 9.53. The molecule has 30 heavy (non-hydrogen) atoms. The van der Waals surface area contributed by atoms with Crippen LogP contribution in [0.3, 0.4) is 0 Å². The topological polar surface area (TPSA) is 113 Å². The summed E-state index contributed by atoms with van der Waals surface area (Å²) < 4.78 is 1.84. The number of allylic oxidation sites excluding steroid dienone is 2. The molecule has 0 spiro atoms. The number of fused-ring (bicyclic) bond motifs is 1. The highest BCUT2D eigenvalue weighted by atomic mass is 15.3. The van der Waals surface area contributed by atoms with Crippen molar-refractivity contribution in [3.8, 4) is 23.9 Å². The van der Waals surface area contributed by atoms with Crippen molar-refractivity contribution < 1.29 is 0 Å². The standard InChI is InChI=1S/C24H22N6/c1-15-21(16(2)30(29-15)17-8-4-3-5-9-17)22-19-11-7-6-10-18(19)20(12-25)23(28)24(22,13-26)14-27/h3-5,8-10,19-20,22,28H,6-7,11H2,1-2H3/t19-,20+,22+/m1/s1. The second kappa shape index (κ2) is 7.29. The summed E-state index contributed by atoms with van der Waals surface area (Å²) in [6, 6.07) is 16.3. The number of aryl methyl sites for hydroxylation is 1. The van der Waals surface area contributed by atoms with Crippen molar-refractivity contribution in [2.45, 2.75) is 39.0 Å². The smallest absolute Gasteiger partial charge is 0.189 e. The van der Waals surface area contributed by atoms with Gasteiger partial charge in [0.05, 0.1) is 35.3 Å². The number of rotatable bonds is 2. The molecule has 0 unspecified atom stereocenters. The maximum Gasteiger partial charge on any atom is 0.189 e. The molecule has 6 nitrogen and oxygen atoms in total. The zero-order chi connectivity index (χ0) is 21.5. The van der Waals surface area contributed by atoms with E-state index in [-0.39, 0.29) is 11.6 Å². The van der Waals surface area contributed by atoms with Gasteiger partial charge in [-0.3, -0.25) is 0 Å². The first-order valence-electron chi connectivity index (χ1n) is 10.1. The van der Waals surface area contributed by atoms with Gasteiger partial charge in [-0.15, -0.1) is 0 Å². The third-order valence-corrected chi connectivity index (χ3v) is 6.58. The monoisotopic (exact) mass is 394 g/mol. The Kier molecular flexibility index (Phi) is 4.76. The first-order chi connectivity index (χ1) is 14.5. The normalized spacial score (nSPS) is 24.7. The summed E-state index contributed by atoms with van der Waals surface area (Å²) >= 11 is 0. The molecular formula is C24H22N6. The Morgan fingerprint density at radius 3 is 2.47 bits per heavy atom. The Balaban J connectivity index is 1.98. The van der Waals surface area contributed by atoms with Crippen molar-refractivity contribution in [1.82, 2.24) is 9.78 Å². The van der Waals surface area contributed by atoms with Crippen LogP contribution in [-0.2, 0) is 0 Å². The van der Waals surface area contributed by atoms with Crippen LogP contribution in [-0.4, -0.2) is 15.5 Å². The molecule has 0 aliphatic heterocycles. The van der Waals surface area contributed by atoms with Crippen LogP contribution in [0.4, 0.5) is 0 Å². The highest BCUT2D eigenvalue weighted by molar-refractivity contribution is 6.00. The lowest BCUT2D eigenvalue weighted by Crippen LogP contribution is -2.49. The summed E-state index contributed by atoms with van der Waals surface area (Å²) in [4.78, 5) is 0. The van der Waals surface area contributed by atoms with Gasteiger partial charge in [-0.05, 0) is 56.7 Å². The predicted molar refractivity (Wildman–Crippen MR) is 112 cm³/mol. The first kappa shape index (κ1) is 19.6. The summed E-state index contributed by atoms with van der Waals surface area (Å²) in [5.41, 5.74) is 2.49. The Labute approximate surface area is 176 Å². The van der Waals surface area contributed by atoms with Gasteiger partial charge in [0, 0.05) is 17.2 Å². The molecule has 1 aromatic heterocycles. The zero-order valence-electron chi connectivity index (χ0n) is 17.1. The van der Waals surface area contributed by atoms with E-state index in [9.17, 15) is 15.8 Å². The van der Waals surface area contributed by atoms with Crippen LogP contribution in [0, 0.1) is 70.5 Å². The van der Waals surface area contributed by atoms with Gasteiger partial charge in [-0.2, -0.15) is 20.9 Å². The fourth-order valence-corrected chi connectivity index (χ4v) is 5.25. The average Bonchev–Trinajstić information content (AvgIpc) is 3.07. The molecule has 0 radical (unpaired) electrons. The number of benzene rings is 1. The second-order valence-electron chi connectivity index (χ2n) is 8.06. The minimum Gasteiger partial charge on any atom is -0.305 e. The van der Waals surface area contributed by atoms with E-state index >= 15 is 0 Å². The van der Waals surface area contributed by atoms with Gasteiger partial charge in [0.25, 0.3) is 0 Å². The summed E-state index contributed by atoms with van der Waals surface area (Å²) in [6.07, 6.45) is 4.64. The molecule has 2 aliphatic rings. The van der Waals surface area contributed by atoms with E-state index in [4.69, 9.17) is 10.5 Å². The molecule has 6 heteroatoms. The predicted octanol–water partition coefficient (Wildman–Crippen LogP) is 4.51. The van der Waals surface area contributed by atoms with Crippen LogP contribution < -0.4 is 0 Å². The fraction of sp³-hybridized carbons (Fsp3) is 0.375. The van der Waals surface area contributed by atoms with Crippen molar-refractivity contribution in [3.63, 3.8) is 0 Å². The minimum absolute atomic E-state index is 0.101. The van der Waals surface area contributed by atoms with Gasteiger partial charge >= 0.3 is 0 Å². The van der Waals surface area contributed by atoms with E-state index < -0.39 is 17.3 Å². The molecule has 3 atom stereocenters. The quantitative estimate of drug-likeness (QED) is 0.755. The first-order valence-corrected chi connectivity index (χ1v) is 10.1. The third-order valence-electron chi connectivity index (χ3n) is 6.58. The molecule has 1 heterocycles. The van der Waals surface area contributed by atoms with Crippen molar-refractivity contribution in [2.75, 3.05) is 0 Å². The fourth-order valence-electron chi connectivity index (χ4n) is 5.25. The van der Waals surface area contributed by atoms with Gasteiger partial charge in [0.15, 0.2) is 5.41 Å². The van der Waals surface area contributed by atoms with Gasteiger partial charge < -0.3 is 5.41 Å². The van der Waals surface area contributed by atoms with E-state index in [1.54, 1.807) is 0 Å². The maximum atomic E-state index is 10.2. The van der Waals surface area contributed by atoms with Crippen molar-refractivity contribution >= 4 is 5.71 Å². The molecule has 0 amide bonds. The number of hydrogen-bond acceptors (Lipinski definition) is 5. The number of nitrogens with one attached hydrogen (secondary N) is 1. The Hall–Kier alpha value is -3.69. The molecular weight excluding hydrogens is 372 g/mol. The molecule has 1 saturated carbocycles. The zero-order valence-corrected chi connectivity index (χ0v) is 17.1. The molecule has 0 bridgehead atoms.